The number of aromatic nitrogens is 4. The van der Waals surface area contributed by atoms with Crippen LogP contribution in [0, 0.1) is 18.3 Å². The Morgan fingerprint density at radius 3 is 3.00 bits per heavy atom. The Labute approximate surface area is 103 Å². The van der Waals surface area contributed by atoms with Crippen molar-refractivity contribution in [2.75, 3.05) is 0 Å². The van der Waals surface area contributed by atoms with E-state index in [9.17, 15) is 5.26 Å². The molecule has 0 spiro atoms. The highest BCUT2D eigenvalue weighted by molar-refractivity contribution is 5.68. The molecule has 86 valence electrons. The topological polar surface area (TPSA) is 66.9 Å². The zero-order valence-corrected chi connectivity index (χ0v) is 9.70. The minimum atomic E-state index is 0.485. The predicted molar refractivity (Wildman–Crippen MR) is 65.7 cm³/mol. The average Bonchev–Trinajstić information content (AvgIpc) is 2.84. The van der Waals surface area contributed by atoms with Crippen molar-refractivity contribution >= 4 is 5.78 Å². The van der Waals surface area contributed by atoms with Gasteiger partial charge < -0.3 is 0 Å². The van der Waals surface area contributed by atoms with Crippen LogP contribution in [-0.2, 0) is 0 Å². The maximum atomic E-state index is 9.19. The van der Waals surface area contributed by atoms with Gasteiger partial charge in [-0.1, -0.05) is 23.8 Å². The van der Waals surface area contributed by atoms with Gasteiger partial charge in [0.1, 0.15) is 12.4 Å². The van der Waals surface area contributed by atoms with E-state index >= 15 is 0 Å². The smallest absolute Gasteiger partial charge is 0.210 e. The summed E-state index contributed by atoms with van der Waals surface area (Å²) in [7, 11) is 0. The van der Waals surface area contributed by atoms with E-state index < -0.39 is 0 Å². The summed E-state index contributed by atoms with van der Waals surface area (Å²) < 4.78 is 1.50. The minimum Gasteiger partial charge on any atom is -0.210 e. The van der Waals surface area contributed by atoms with Crippen molar-refractivity contribution in [3.8, 4) is 17.3 Å². The molecule has 0 amide bonds. The van der Waals surface area contributed by atoms with Crippen LogP contribution in [0.15, 0.2) is 36.8 Å². The first-order valence-electron chi connectivity index (χ1n) is 5.45. The molecule has 0 bridgehead atoms. The highest BCUT2D eigenvalue weighted by atomic mass is 15.3. The normalized spacial score (nSPS) is 10.4. The van der Waals surface area contributed by atoms with Crippen LogP contribution in [0.4, 0.5) is 0 Å². The third-order valence-electron chi connectivity index (χ3n) is 2.68. The zero-order chi connectivity index (χ0) is 12.5. The molecular weight excluding hydrogens is 226 g/mol. The second kappa shape index (κ2) is 3.93. The molecule has 5 nitrogen and oxygen atoms in total. The van der Waals surface area contributed by atoms with Crippen LogP contribution < -0.4 is 0 Å². The summed E-state index contributed by atoms with van der Waals surface area (Å²) in [5.41, 5.74) is 3.16. The molecule has 0 saturated carbocycles. The van der Waals surface area contributed by atoms with Crippen LogP contribution in [0.1, 0.15) is 11.1 Å². The zero-order valence-electron chi connectivity index (χ0n) is 9.70. The largest absolute Gasteiger partial charge is 0.252 e. The Hall–Kier alpha value is -2.74. The summed E-state index contributed by atoms with van der Waals surface area (Å²) in [6.45, 7) is 2.01. The van der Waals surface area contributed by atoms with Gasteiger partial charge in [-0.05, 0) is 13.0 Å². The molecule has 18 heavy (non-hydrogen) atoms. The Balaban J connectivity index is 2.30. The number of benzene rings is 1. The number of hydrogen-bond acceptors (Lipinski definition) is 4. The molecule has 3 aromatic rings. The molecular formula is C13H9N5. The van der Waals surface area contributed by atoms with E-state index in [0.29, 0.717) is 17.0 Å². The van der Waals surface area contributed by atoms with Crippen molar-refractivity contribution in [2.45, 2.75) is 6.92 Å². The van der Waals surface area contributed by atoms with Gasteiger partial charge in [-0.15, -0.1) is 0 Å². The minimum absolute atomic E-state index is 0.485. The van der Waals surface area contributed by atoms with Crippen molar-refractivity contribution in [1.29, 1.82) is 5.26 Å². The van der Waals surface area contributed by atoms with E-state index in [4.69, 9.17) is 0 Å². The van der Waals surface area contributed by atoms with Gasteiger partial charge in [0, 0.05) is 5.56 Å². The van der Waals surface area contributed by atoms with E-state index in [1.54, 1.807) is 6.20 Å². The SMILES string of the molecule is Cc1cccc(-c2nc3ncnn3cc2C#N)c1. The fourth-order valence-electron chi connectivity index (χ4n) is 1.85. The van der Waals surface area contributed by atoms with Gasteiger partial charge in [-0.3, -0.25) is 0 Å². The predicted octanol–water partition coefficient (Wildman–Crippen LogP) is 1.97. The molecule has 0 radical (unpaired) electrons. The van der Waals surface area contributed by atoms with Crippen molar-refractivity contribution in [1.82, 2.24) is 19.6 Å². The monoisotopic (exact) mass is 235 g/mol. The summed E-state index contributed by atoms with van der Waals surface area (Å²) in [6, 6.07) is 10.0. The third-order valence-corrected chi connectivity index (χ3v) is 2.68. The van der Waals surface area contributed by atoms with Crippen molar-refractivity contribution in [3.05, 3.63) is 47.9 Å². The number of hydrogen-bond donors (Lipinski definition) is 0. The van der Waals surface area contributed by atoms with Gasteiger partial charge in [-0.25, -0.2) is 9.50 Å². The van der Waals surface area contributed by atoms with Gasteiger partial charge in [0.2, 0.25) is 0 Å². The molecule has 0 aliphatic rings. The van der Waals surface area contributed by atoms with E-state index in [2.05, 4.69) is 21.1 Å². The number of nitriles is 1. The molecule has 0 fully saturated rings. The van der Waals surface area contributed by atoms with Crippen LogP contribution in [0.3, 0.4) is 0 Å². The average molecular weight is 235 g/mol. The summed E-state index contributed by atoms with van der Waals surface area (Å²) in [5, 5.41) is 13.2. The number of aryl methyl sites for hydroxylation is 1. The van der Waals surface area contributed by atoms with Gasteiger partial charge in [0.25, 0.3) is 5.78 Å². The summed E-state index contributed by atoms with van der Waals surface area (Å²) in [6.07, 6.45) is 3.07. The third kappa shape index (κ3) is 1.60. The Morgan fingerprint density at radius 1 is 1.33 bits per heavy atom. The lowest BCUT2D eigenvalue weighted by molar-refractivity contribution is 0.936. The van der Waals surface area contributed by atoms with Crippen molar-refractivity contribution in [3.63, 3.8) is 0 Å². The van der Waals surface area contributed by atoms with Crippen LogP contribution in [-0.4, -0.2) is 19.6 Å². The molecule has 3 rings (SSSR count). The lowest BCUT2D eigenvalue weighted by Gasteiger charge is -2.04. The summed E-state index contributed by atoms with van der Waals surface area (Å²) in [5.74, 6) is 0.491. The quantitative estimate of drug-likeness (QED) is 0.646. The lowest BCUT2D eigenvalue weighted by Crippen LogP contribution is -1.97. The van der Waals surface area contributed by atoms with E-state index in [1.807, 2.05) is 31.2 Å². The highest BCUT2D eigenvalue weighted by Crippen LogP contribution is 2.22. The van der Waals surface area contributed by atoms with Crippen molar-refractivity contribution in [2.24, 2.45) is 0 Å². The molecule has 0 atom stereocenters. The number of nitrogens with zero attached hydrogens (tertiary/aromatic N) is 5. The van der Waals surface area contributed by atoms with E-state index in [-0.39, 0.29) is 0 Å². The van der Waals surface area contributed by atoms with Crippen LogP contribution in [0.25, 0.3) is 17.0 Å². The molecule has 2 aromatic heterocycles. The highest BCUT2D eigenvalue weighted by Gasteiger charge is 2.10. The van der Waals surface area contributed by atoms with E-state index in [1.165, 1.54) is 10.8 Å². The number of rotatable bonds is 1. The van der Waals surface area contributed by atoms with Crippen molar-refractivity contribution < 1.29 is 0 Å². The maximum absolute atomic E-state index is 9.19. The van der Waals surface area contributed by atoms with Gasteiger partial charge in [-0.2, -0.15) is 15.3 Å². The first kappa shape index (κ1) is 10.4. The number of fused-ring (bicyclic) bond motifs is 1. The standard InChI is InChI=1S/C13H9N5/c1-9-3-2-4-10(5-9)12-11(6-14)7-18-13(17-12)15-8-16-18/h2-5,7-8H,1H3. The molecule has 0 aliphatic heterocycles. The molecule has 0 N–H and O–H groups in total. The molecule has 0 aliphatic carbocycles. The molecule has 5 heteroatoms. The lowest BCUT2D eigenvalue weighted by atomic mass is 10.1. The Kier molecular flexibility index (Phi) is 2.27. The summed E-state index contributed by atoms with van der Waals surface area (Å²) >= 11 is 0. The van der Waals surface area contributed by atoms with Gasteiger partial charge >= 0.3 is 0 Å². The fourth-order valence-corrected chi connectivity index (χ4v) is 1.85. The Bertz CT molecular complexity index is 766. The fraction of sp³-hybridized carbons (Fsp3) is 0.0769. The Morgan fingerprint density at radius 2 is 2.22 bits per heavy atom. The first-order valence-corrected chi connectivity index (χ1v) is 5.45. The molecule has 1 aromatic carbocycles. The molecule has 0 unspecified atom stereocenters. The van der Waals surface area contributed by atoms with E-state index in [0.717, 1.165) is 11.1 Å². The van der Waals surface area contributed by atoms with Gasteiger partial charge in [0.05, 0.1) is 17.5 Å². The van der Waals surface area contributed by atoms with Gasteiger partial charge in [0.15, 0.2) is 0 Å². The molecule has 0 saturated heterocycles. The van der Waals surface area contributed by atoms with Crippen LogP contribution >= 0.6 is 0 Å². The maximum Gasteiger partial charge on any atom is 0.252 e. The second-order valence-corrected chi connectivity index (χ2v) is 3.99. The first-order chi connectivity index (χ1) is 8.78. The van der Waals surface area contributed by atoms with Crippen LogP contribution in [0.5, 0.6) is 0 Å². The van der Waals surface area contributed by atoms with Crippen LogP contribution in [0.2, 0.25) is 0 Å². The molecule has 2 heterocycles. The second-order valence-electron chi connectivity index (χ2n) is 3.99. The summed E-state index contributed by atoms with van der Waals surface area (Å²) in [4.78, 5) is 8.42.